The van der Waals surface area contributed by atoms with Crippen molar-refractivity contribution >= 4 is 11.5 Å². The Morgan fingerprint density at radius 1 is 0.543 bits per heavy atom. The van der Waals surface area contributed by atoms with Crippen LogP contribution in [0.1, 0.15) is 87.5 Å². The van der Waals surface area contributed by atoms with Gasteiger partial charge in [-0.05, 0) is 106 Å². The molecule has 4 aromatic rings. The van der Waals surface area contributed by atoms with Crippen LogP contribution in [0.3, 0.4) is 0 Å². The number of rotatable bonds is 15. The number of aryl methyl sites for hydroxylation is 2. The Hall–Kier alpha value is -4.44. The summed E-state index contributed by atoms with van der Waals surface area (Å²) in [6.45, 7) is 13.9. The molecule has 1 saturated carbocycles. The summed E-state index contributed by atoms with van der Waals surface area (Å²) in [5, 5.41) is 0. The monoisotopic (exact) mass is 618 g/mol. The third kappa shape index (κ3) is 11.2. The summed E-state index contributed by atoms with van der Waals surface area (Å²) in [4.78, 5) is 0. The van der Waals surface area contributed by atoms with Gasteiger partial charge in [0.25, 0.3) is 0 Å². The van der Waals surface area contributed by atoms with Crippen molar-refractivity contribution in [2.24, 2.45) is 0 Å². The molecule has 4 heteroatoms. The van der Waals surface area contributed by atoms with Crippen molar-refractivity contribution in [3.05, 3.63) is 131 Å². The van der Waals surface area contributed by atoms with Gasteiger partial charge in [0, 0.05) is 11.1 Å². The van der Waals surface area contributed by atoms with E-state index < -0.39 is 0 Å². The molecule has 242 valence electrons. The van der Waals surface area contributed by atoms with Crippen molar-refractivity contribution in [3.8, 4) is 23.0 Å². The minimum Gasteiger partial charge on any atom is -0.494 e. The molecular weight excluding hydrogens is 568 g/mol. The summed E-state index contributed by atoms with van der Waals surface area (Å²) in [5.74, 6) is 4.91. The summed E-state index contributed by atoms with van der Waals surface area (Å²) >= 11 is 0. The van der Waals surface area contributed by atoms with Crippen LogP contribution in [0.25, 0.3) is 11.5 Å². The Balaban J connectivity index is 0.00000113. The summed E-state index contributed by atoms with van der Waals surface area (Å²) in [6.07, 6.45) is 9.08. The quantitative estimate of drug-likeness (QED) is 0.0981. The standard InChI is InChI=1S/C38H40O4.C4H10/c1-28-10-14-31(15-11-28)30(3)41-36-22-18-34(19-23-36)39-26-5-4-6-27-40-35-20-24-37(25-21-35)42-38(32-8-7-9-32)33-16-12-29(2)13-17-33;1-3-4-2/h10-25H,3-9,26-27H2,1-2H3;3-4H2,1-2H3. The van der Waals surface area contributed by atoms with Crippen molar-refractivity contribution in [1.82, 2.24) is 0 Å². The van der Waals surface area contributed by atoms with Crippen LogP contribution in [0, 0.1) is 13.8 Å². The van der Waals surface area contributed by atoms with Crippen LogP contribution in [0.5, 0.6) is 23.0 Å². The lowest BCUT2D eigenvalue weighted by atomic mass is 9.89. The largest absolute Gasteiger partial charge is 0.494 e. The van der Waals surface area contributed by atoms with E-state index in [1.165, 1.54) is 36.0 Å². The highest BCUT2D eigenvalue weighted by Crippen LogP contribution is 2.35. The second-order valence-electron chi connectivity index (χ2n) is 11.8. The maximum atomic E-state index is 6.35. The first kappa shape index (κ1) is 34.4. The van der Waals surface area contributed by atoms with E-state index in [-0.39, 0.29) is 0 Å². The zero-order valence-electron chi connectivity index (χ0n) is 28.1. The summed E-state index contributed by atoms with van der Waals surface area (Å²) in [7, 11) is 0. The van der Waals surface area contributed by atoms with Crippen molar-refractivity contribution in [3.63, 3.8) is 0 Å². The highest BCUT2D eigenvalue weighted by Gasteiger charge is 2.18. The topological polar surface area (TPSA) is 36.9 Å². The fraction of sp³-hybridized carbons (Fsp3) is 0.333. The van der Waals surface area contributed by atoms with Crippen LogP contribution in [-0.4, -0.2) is 13.2 Å². The second-order valence-corrected chi connectivity index (χ2v) is 11.8. The number of unbranched alkanes of at least 4 members (excludes halogenated alkanes) is 3. The summed E-state index contributed by atoms with van der Waals surface area (Å²) < 4.78 is 24.1. The predicted molar refractivity (Wildman–Crippen MR) is 192 cm³/mol. The molecule has 1 aliphatic rings. The molecule has 0 amide bonds. The molecule has 0 aliphatic heterocycles. The van der Waals surface area contributed by atoms with Gasteiger partial charge in [0.2, 0.25) is 0 Å². The van der Waals surface area contributed by atoms with Crippen molar-refractivity contribution in [2.75, 3.05) is 13.2 Å². The molecular formula is C42H50O4. The van der Waals surface area contributed by atoms with Crippen molar-refractivity contribution in [1.29, 1.82) is 0 Å². The maximum Gasteiger partial charge on any atom is 0.133 e. The van der Waals surface area contributed by atoms with Gasteiger partial charge in [-0.1, -0.05) is 92.9 Å². The molecule has 0 spiro atoms. The average molecular weight is 619 g/mol. The molecule has 4 aromatic carbocycles. The normalized spacial score (nSPS) is 11.9. The summed E-state index contributed by atoms with van der Waals surface area (Å²) in [6, 6.07) is 32.3. The van der Waals surface area contributed by atoms with E-state index in [2.05, 4.69) is 70.7 Å². The molecule has 5 rings (SSSR count). The van der Waals surface area contributed by atoms with Gasteiger partial charge in [0.1, 0.15) is 34.5 Å². The first-order valence-corrected chi connectivity index (χ1v) is 16.8. The van der Waals surface area contributed by atoms with Crippen molar-refractivity contribution < 1.29 is 18.9 Å². The van der Waals surface area contributed by atoms with Gasteiger partial charge in [-0.15, -0.1) is 0 Å². The molecule has 4 nitrogen and oxygen atoms in total. The first-order chi connectivity index (χ1) is 22.4. The van der Waals surface area contributed by atoms with Crippen LogP contribution in [0.4, 0.5) is 0 Å². The predicted octanol–water partition coefficient (Wildman–Crippen LogP) is 11.8. The van der Waals surface area contributed by atoms with E-state index in [0.29, 0.717) is 19.0 Å². The average Bonchev–Trinajstić information content (AvgIpc) is 3.05. The highest BCUT2D eigenvalue weighted by molar-refractivity contribution is 5.66. The lowest BCUT2D eigenvalue weighted by Gasteiger charge is -2.22. The van der Waals surface area contributed by atoms with E-state index in [4.69, 9.17) is 18.9 Å². The number of hydrogen-bond acceptors (Lipinski definition) is 4. The van der Waals surface area contributed by atoms with Gasteiger partial charge in [0.15, 0.2) is 0 Å². The van der Waals surface area contributed by atoms with E-state index >= 15 is 0 Å². The Kier molecular flexibility index (Phi) is 13.9. The number of benzene rings is 4. The van der Waals surface area contributed by atoms with Crippen LogP contribution < -0.4 is 18.9 Å². The van der Waals surface area contributed by atoms with E-state index in [0.717, 1.165) is 72.0 Å². The van der Waals surface area contributed by atoms with Gasteiger partial charge in [-0.3, -0.25) is 0 Å². The first-order valence-electron chi connectivity index (χ1n) is 16.8. The third-order valence-electron chi connectivity index (χ3n) is 7.90. The maximum absolute atomic E-state index is 6.35. The van der Waals surface area contributed by atoms with Crippen LogP contribution >= 0.6 is 0 Å². The Morgan fingerprint density at radius 3 is 1.41 bits per heavy atom. The number of hydrogen-bond donors (Lipinski definition) is 0. The Morgan fingerprint density at radius 2 is 0.978 bits per heavy atom. The highest BCUT2D eigenvalue weighted by atomic mass is 16.5. The van der Waals surface area contributed by atoms with Crippen LogP contribution in [-0.2, 0) is 0 Å². The second kappa shape index (κ2) is 18.5. The Bertz CT molecular complexity index is 1490. The smallest absolute Gasteiger partial charge is 0.133 e. The van der Waals surface area contributed by atoms with Gasteiger partial charge in [-0.2, -0.15) is 0 Å². The molecule has 0 heterocycles. The fourth-order valence-electron chi connectivity index (χ4n) is 4.65. The van der Waals surface area contributed by atoms with Gasteiger partial charge in [-0.25, -0.2) is 0 Å². The molecule has 0 bridgehead atoms. The zero-order valence-corrected chi connectivity index (χ0v) is 28.1. The summed E-state index contributed by atoms with van der Waals surface area (Å²) in [5.41, 5.74) is 5.98. The molecule has 0 unspecified atom stereocenters. The molecule has 46 heavy (non-hydrogen) atoms. The van der Waals surface area contributed by atoms with Gasteiger partial charge in [0.05, 0.1) is 13.2 Å². The van der Waals surface area contributed by atoms with Crippen LogP contribution in [0.15, 0.2) is 109 Å². The lowest BCUT2D eigenvalue weighted by molar-refractivity contribution is 0.279. The lowest BCUT2D eigenvalue weighted by Crippen LogP contribution is -2.06. The number of ether oxygens (including phenoxy) is 4. The van der Waals surface area contributed by atoms with Crippen LogP contribution in [0.2, 0.25) is 0 Å². The van der Waals surface area contributed by atoms with Gasteiger partial charge >= 0.3 is 0 Å². The molecule has 0 N–H and O–H groups in total. The molecule has 0 radical (unpaired) electrons. The minimum absolute atomic E-state index is 0.629. The zero-order chi connectivity index (χ0) is 32.6. The molecule has 0 atom stereocenters. The SMILES string of the molecule is C=C(Oc1ccc(OCCCCCOc2ccc(OC(=C3CCC3)c3ccc(C)cc3)cc2)cc1)c1ccc(C)cc1.CCCC. The minimum atomic E-state index is 0.629. The molecule has 1 fully saturated rings. The fourth-order valence-corrected chi connectivity index (χ4v) is 4.65. The van der Waals surface area contributed by atoms with Gasteiger partial charge < -0.3 is 18.9 Å². The van der Waals surface area contributed by atoms with E-state index in [9.17, 15) is 0 Å². The van der Waals surface area contributed by atoms with E-state index in [1.807, 2.05) is 60.7 Å². The van der Waals surface area contributed by atoms with E-state index in [1.54, 1.807) is 0 Å². The molecule has 1 aliphatic carbocycles. The third-order valence-corrected chi connectivity index (χ3v) is 7.90. The van der Waals surface area contributed by atoms with Crippen molar-refractivity contribution in [2.45, 2.75) is 79.1 Å². The molecule has 0 aromatic heterocycles. The molecule has 0 saturated heterocycles. The Labute approximate surface area is 276 Å². The number of allylic oxidation sites excluding steroid dienone is 1.